The maximum absolute atomic E-state index is 11.4. The van der Waals surface area contributed by atoms with Crippen molar-refractivity contribution in [3.8, 4) is 11.1 Å². The first-order valence-electron chi connectivity index (χ1n) is 5.76. The fraction of sp³-hybridized carbons (Fsp3) is 0.0667. The van der Waals surface area contributed by atoms with E-state index in [0.717, 1.165) is 22.4 Å². The molecule has 1 N–H and O–H groups in total. The van der Waals surface area contributed by atoms with Crippen LogP contribution in [-0.2, 0) is 16.0 Å². The number of carbonyl (C=O) groups is 2. The molecule has 0 atom stereocenters. The van der Waals surface area contributed by atoms with E-state index in [1.807, 2.05) is 48.5 Å². The van der Waals surface area contributed by atoms with Gasteiger partial charge in [-0.1, -0.05) is 36.4 Å². The van der Waals surface area contributed by atoms with Crippen molar-refractivity contribution >= 4 is 17.4 Å². The van der Waals surface area contributed by atoms with Crippen LogP contribution < -0.4 is 5.32 Å². The van der Waals surface area contributed by atoms with Gasteiger partial charge in [0.1, 0.15) is 0 Å². The van der Waals surface area contributed by atoms with Crippen LogP contribution in [0.4, 0.5) is 5.69 Å². The molecule has 0 radical (unpaired) electrons. The molecular formula is C15H11NO2. The second-order valence-corrected chi connectivity index (χ2v) is 4.29. The van der Waals surface area contributed by atoms with Crippen molar-refractivity contribution in [2.45, 2.75) is 6.42 Å². The first-order chi connectivity index (χ1) is 8.74. The van der Waals surface area contributed by atoms with Crippen molar-refractivity contribution in [2.75, 3.05) is 5.32 Å². The first-order valence-corrected chi connectivity index (χ1v) is 5.76. The monoisotopic (exact) mass is 237 g/mol. The Morgan fingerprint density at radius 1 is 0.889 bits per heavy atom. The minimum atomic E-state index is -0.519. The molecule has 2 aromatic carbocycles. The molecule has 1 heterocycles. The van der Waals surface area contributed by atoms with Gasteiger partial charge in [0.25, 0.3) is 5.91 Å². The third kappa shape index (κ3) is 1.80. The van der Waals surface area contributed by atoms with Crippen LogP contribution in [0, 0.1) is 0 Å². The third-order valence-corrected chi connectivity index (χ3v) is 3.06. The Morgan fingerprint density at radius 3 is 2.44 bits per heavy atom. The molecule has 0 spiro atoms. The number of rotatable bonds is 1. The number of benzene rings is 2. The molecule has 0 aromatic heterocycles. The number of hydrogen-bond acceptors (Lipinski definition) is 2. The fourth-order valence-electron chi connectivity index (χ4n) is 2.12. The Hall–Kier alpha value is -2.42. The van der Waals surface area contributed by atoms with Gasteiger partial charge in [-0.05, 0) is 28.8 Å². The van der Waals surface area contributed by atoms with Crippen LogP contribution in [0.1, 0.15) is 5.56 Å². The average Bonchev–Trinajstić information content (AvgIpc) is 2.41. The molecule has 18 heavy (non-hydrogen) atoms. The molecule has 1 amide bonds. The van der Waals surface area contributed by atoms with Crippen molar-refractivity contribution in [3.05, 3.63) is 54.1 Å². The second-order valence-electron chi connectivity index (χ2n) is 4.29. The van der Waals surface area contributed by atoms with Gasteiger partial charge >= 0.3 is 0 Å². The molecular weight excluding hydrogens is 226 g/mol. The Morgan fingerprint density at radius 2 is 1.67 bits per heavy atom. The fourth-order valence-corrected chi connectivity index (χ4v) is 2.12. The van der Waals surface area contributed by atoms with Gasteiger partial charge in [0.15, 0.2) is 0 Å². The molecule has 3 heteroatoms. The van der Waals surface area contributed by atoms with E-state index in [0.29, 0.717) is 0 Å². The van der Waals surface area contributed by atoms with Gasteiger partial charge in [0, 0.05) is 12.1 Å². The Labute approximate surface area is 104 Å². The lowest BCUT2D eigenvalue weighted by atomic mass is 9.96. The molecule has 1 aliphatic rings. The SMILES string of the molecule is O=C1Cc2cc(-c3ccccc3)ccc2NC1=O. The van der Waals surface area contributed by atoms with Crippen LogP contribution in [0.15, 0.2) is 48.5 Å². The van der Waals surface area contributed by atoms with Crippen LogP contribution >= 0.6 is 0 Å². The van der Waals surface area contributed by atoms with E-state index in [-0.39, 0.29) is 12.2 Å². The highest BCUT2D eigenvalue weighted by atomic mass is 16.2. The van der Waals surface area contributed by atoms with Crippen molar-refractivity contribution in [3.63, 3.8) is 0 Å². The Balaban J connectivity index is 2.04. The standard InChI is InChI=1S/C15H11NO2/c17-14-9-12-8-11(10-4-2-1-3-5-10)6-7-13(12)16-15(14)18/h1-8H,9H2,(H,16,18). The topological polar surface area (TPSA) is 46.2 Å². The van der Waals surface area contributed by atoms with Gasteiger partial charge in [0.05, 0.1) is 0 Å². The summed E-state index contributed by atoms with van der Waals surface area (Å²) in [7, 11) is 0. The molecule has 0 saturated heterocycles. The summed E-state index contributed by atoms with van der Waals surface area (Å²) in [4.78, 5) is 22.6. The summed E-state index contributed by atoms with van der Waals surface area (Å²) < 4.78 is 0. The maximum atomic E-state index is 11.4. The lowest BCUT2D eigenvalue weighted by Gasteiger charge is -2.16. The van der Waals surface area contributed by atoms with E-state index in [1.54, 1.807) is 0 Å². The summed E-state index contributed by atoms with van der Waals surface area (Å²) >= 11 is 0. The second kappa shape index (κ2) is 4.11. The van der Waals surface area contributed by atoms with E-state index in [9.17, 15) is 9.59 Å². The number of nitrogens with one attached hydrogen (secondary N) is 1. The average molecular weight is 237 g/mol. The number of amides is 1. The van der Waals surface area contributed by atoms with Crippen LogP contribution in [0.2, 0.25) is 0 Å². The zero-order valence-corrected chi connectivity index (χ0v) is 9.64. The van der Waals surface area contributed by atoms with Gasteiger partial charge in [-0.2, -0.15) is 0 Å². The van der Waals surface area contributed by atoms with Crippen LogP contribution in [0.25, 0.3) is 11.1 Å². The molecule has 0 fully saturated rings. The summed E-state index contributed by atoms with van der Waals surface area (Å²) in [6.07, 6.45) is 0.182. The van der Waals surface area contributed by atoms with Crippen LogP contribution in [-0.4, -0.2) is 11.7 Å². The van der Waals surface area contributed by atoms with Crippen molar-refractivity contribution in [1.82, 2.24) is 0 Å². The number of Topliss-reactive ketones (excluding diaryl/α,β-unsaturated/α-hetero) is 1. The Bertz CT molecular complexity index is 632. The summed E-state index contributed by atoms with van der Waals surface area (Å²) in [5.74, 6) is -0.900. The highest BCUT2D eigenvalue weighted by molar-refractivity contribution is 6.42. The molecule has 3 rings (SSSR count). The van der Waals surface area contributed by atoms with E-state index in [4.69, 9.17) is 0 Å². The lowest BCUT2D eigenvalue weighted by molar-refractivity contribution is -0.134. The van der Waals surface area contributed by atoms with Crippen molar-refractivity contribution in [2.24, 2.45) is 0 Å². The molecule has 0 bridgehead atoms. The van der Waals surface area contributed by atoms with E-state index >= 15 is 0 Å². The number of anilines is 1. The number of hydrogen-bond donors (Lipinski definition) is 1. The first kappa shape index (κ1) is 10.7. The van der Waals surface area contributed by atoms with Gasteiger partial charge in [-0.3, -0.25) is 9.59 Å². The molecule has 0 saturated carbocycles. The normalized spacial score (nSPS) is 14.0. The summed E-state index contributed by atoms with van der Waals surface area (Å²) in [6, 6.07) is 15.7. The van der Waals surface area contributed by atoms with E-state index < -0.39 is 5.91 Å². The molecule has 1 aliphatic heterocycles. The lowest BCUT2D eigenvalue weighted by Crippen LogP contribution is -2.29. The summed E-state index contributed by atoms with van der Waals surface area (Å²) in [5.41, 5.74) is 3.77. The largest absolute Gasteiger partial charge is 0.319 e. The summed E-state index contributed by atoms with van der Waals surface area (Å²) in [5, 5.41) is 2.60. The zero-order valence-electron chi connectivity index (χ0n) is 9.64. The van der Waals surface area contributed by atoms with Gasteiger partial charge in [-0.15, -0.1) is 0 Å². The molecule has 3 nitrogen and oxygen atoms in total. The van der Waals surface area contributed by atoms with Gasteiger partial charge < -0.3 is 5.32 Å². The summed E-state index contributed by atoms with van der Waals surface area (Å²) in [6.45, 7) is 0. The highest BCUT2D eigenvalue weighted by Gasteiger charge is 2.23. The van der Waals surface area contributed by atoms with Crippen molar-refractivity contribution in [1.29, 1.82) is 0 Å². The van der Waals surface area contributed by atoms with Crippen LogP contribution in [0.3, 0.4) is 0 Å². The predicted octanol–water partition coefficient (Wildman–Crippen LogP) is 2.42. The Kier molecular flexibility index (Phi) is 2.45. The highest BCUT2D eigenvalue weighted by Crippen LogP contribution is 2.27. The molecule has 0 aliphatic carbocycles. The molecule has 2 aromatic rings. The number of fused-ring (bicyclic) bond motifs is 1. The van der Waals surface area contributed by atoms with E-state index in [1.165, 1.54) is 0 Å². The quantitative estimate of drug-likeness (QED) is 0.774. The van der Waals surface area contributed by atoms with Gasteiger partial charge in [-0.25, -0.2) is 0 Å². The molecule has 0 unspecified atom stereocenters. The zero-order chi connectivity index (χ0) is 12.5. The minimum Gasteiger partial charge on any atom is -0.319 e. The predicted molar refractivity (Wildman–Crippen MR) is 69.2 cm³/mol. The number of carbonyl (C=O) groups excluding carboxylic acids is 2. The smallest absolute Gasteiger partial charge is 0.292 e. The number of ketones is 1. The van der Waals surface area contributed by atoms with E-state index in [2.05, 4.69) is 5.32 Å². The van der Waals surface area contributed by atoms with Gasteiger partial charge in [0.2, 0.25) is 5.78 Å². The van der Waals surface area contributed by atoms with Crippen LogP contribution in [0.5, 0.6) is 0 Å². The minimum absolute atomic E-state index is 0.182. The van der Waals surface area contributed by atoms with Crippen molar-refractivity contribution < 1.29 is 9.59 Å². The molecule has 88 valence electrons. The maximum Gasteiger partial charge on any atom is 0.292 e. The third-order valence-electron chi connectivity index (χ3n) is 3.06.